The molecule has 3 atom stereocenters. The zero-order valence-electron chi connectivity index (χ0n) is 21.4. The molecule has 1 saturated heterocycles. The van der Waals surface area contributed by atoms with Crippen molar-refractivity contribution in [2.75, 3.05) is 45.6 Å². The first-order valence-corrected chi connectivity index (χ1v) is 14.2. The van der Waals surface area contributed by atoms with Crippen LogP contribution in [0.3, 0.4) is 0 Å². The predicted octanol–water partition coefficient (Wildman–Crippen LogP) is 0.970. The van der Waals surface area contributed by atoms with Crippen molar-refractivity contribution in [2.45, 2.75) is 44.9 Å². The number of nitrogens with one attached hydrogen (secondary N) is 1. The molecule has 1 aromatic carbocycles. The fourth-order valence-electron chi connectivity index (χ4n) is 4.34. The molecule has 1 heterocycles. The molecule has 0 aromatic heterocycles. The molecule has 0 radical (unpaired) electrons. The first-order valence-electron chi connectivity index (χ1n) is 12.3. The zero-order valence-corrected chi connectivity index (χ0v) is 22.3. The molecule has 1 aliphatic rings. The van der Waals surface area contributed by atoms with Crippen molar-refractivity contribution in [1.29, 1.82) is 0 Å². The Bertz CT molecular complexity index is 1020. The maximum Gasteiger partial charge on any atom is 0.292 e. The molecule has 0 bridgehead atoms. The Morgan fingerprint density at radius 2 is 1.61 bits per heavy atom. The quantitative estimate of drug-likeness (QED) is 0.404. The molecular formula is C25H37N3O7S. The minimum atomic E-state index is -3.86. The number of likely N-dealkylation sites (N-methyl/N-ethyl adjacent to an activating group) is 1. The van der Waals surface area contributed by atoms with Crippen molar-refractivity contribution in [3.05, 3.63) is 35.9 Å². The number of amides is 3. The minimum Gasteiger partial charge on any atom is -0.378 e. The van der Waals surface area contributed by atoms with Crippen molar-refractivity contribution >= 4 is 33.3 Å². The van der Waals surface area contributed by atoms with Crippen molar-refractivity contribution in [3.63, 3.8) is 0 Å². The summed E-state index contributed by atoms with van der Waals surface area (Å²) in [4.78, 5) is 55.1. The van der Waals surface area contributed by atoms with E-state index in [0.29, 0.717) is 45.0 Å². The highest BCUT2D eigenvalue weighted by molar-refractivity contribution is 7.91. The molecule has 0 saturated carbocycles. The van der Waals surface area contributed by atoms with Gasteiger partial charge in [0, 0.05) is 38.9 Å². The van der Waals surface area contributed by atoms with Crippen LogP contribution in [0, 0.1) is 5.92 Å². The van der Waals surface area contributed by atoms with Crippen LogP contribution in [0.25, 0.3) is 0 Å². The summed E-state index contributed by atoms with van der Waals surface area (Å²) in [6.07, 6.45) is 0.792. The molecule has 0 aliphatic carbocycles. The van der Waals surface area contributed by atoms with Crippen LogP contribution in [0.5, 0.6) is 0 Å². The number of carbonyl (C=O) groups is 4. The number of benzene rings is 1. The van der Waals surface area contributed by atoms with E-state index in [1.165, 1.54) is 4.90 Å². The topological polar surface area (TPSA) is 130 Å². The van der Waals surface area contributed by atoms with Gasteiger partial charge in [-0.15, -0.1) is 0 Å². The van der Waals surface area contributed by atoms with Gasteiger partial charge in [0.2, 0.25) is 17.6 Å². The normalized spacial score (nSPS) is 16.5. The van der Waals surface area contributed by atoms with Crippen molar-refractivity contribution in [1.82, 2.24) is 15.1 Å². The van der Waals surface area contributed by atoms with E-state index in [2.05, 4.69) is 5.32 Å². The maximum absolute atomic E-state index is 13.6. The molecule has 200 valence electrons. The van der Waals surface area contributed by atoms with Gasteiger partial charge >= 0.3 is 0 Å². The van der Waals surface area contributed by atoms with Crippen molar-refractivity contribution in [2.24, 2.45) is 5.92 Å². The Hall–Kier alpha value is -2.79. The van der Waals surface area contributed by atoms with E-state index in [0.717, 1.165) is 6.26 Å². The van der Waals surface area contributed by atoms with Gasteiger partial charge in [-0.05, 0) is 25.8 Å². The number of hydrogen-bond donors (Lipinski definition) is 1. The Labute approximate surface area is 213 Å². The van der Waals surface area contributed by atoms with Crippen molar-refractivity contribution < 1.29 is 32.3 Å². The number of carbonyl (C=O) groups excluding carboxylic acids is 4. The summed E-state index contributed by atoms with van der Waals surface area (Å²) in [5, 5.41) is 1.27. The van der Waals surface area contributed by atoms with Gasteiger partial charge in [-0.1, -0.05) is 37.3 Å². The van der Waals surface area contributed by atoms with E-state index >= 15 is 0 Å². The number of sulfone groups is 1. The number of nitrogens with zero attached hydrogens (tertiary/aromatic N) is 2. The number of Topliss-reactive ketones (excluding diaryl/α,β-unsaturated/α-hetero) is 1. The van der Waals surface area contributed by atoms with Crippen LogP contribution in [0.2, 0.25) is 0 Å². The summed E-state index contributed by atoms with van der Waals surface area (Å²) in [5.41, 5.74) is 0.369. The smallest absolute Gasteiger partial charge is 0.292 e. The third kappa shape index (κ3) is 7.60. The largest absolute Gasteiger partial charge is 0.378 e. The lowest BCUT2D eigenvalue weighted by atomic mass is 9.93. The highest BCUT2D eigenvalue weighted by Gasteiger charge is 2.41. The average Bonchev–Trinajstić information content (AvgIpc) is 2.87. The van der Waals surface area contributed by atoms with Gasteiger partial charge in [-0.2, -0.15) is 0 Å². The molecular weight excluding hydrogens is 486 g/mol. The van der Waals surface area contributed by atoms with Crippen LogP contribution in [0.15, 0.2) is 30.3 Å². The second kappa shape index (κ2) is 13.5. The Balaban J connectivity index is 2.41. The predicted molar refractivity (Wildman–Crippen MR) is 135 cm³/mol. The fourth-order valence-corrected chi connectivity index (χ4v) is 5.80. The van der Waals surface area contributed by atoms with Crippen LogP contribution in [0.4, 0.5) is 0 Å². The van der Waals surface area contributed by atoms with Crippen LogP contribution < -0.4 is 5.32 Å². The zero-order chi connectivity index (χ0) is 26.9. The lowest BCUT2D eigenvalue weighted by Crippen LogP contribution is -2.51. The van der Waals surface area contributed by atoms with Crippen LogP contribution in [-0.2, 0) is 33.8 Å². The number of ketones is 1. The Kier molecular flexibility index (Phi) is 11.0. The molecule has 1 N–H and O–H groups in total. The van der Waals surface area contributed by atoms with Crippen molar-refractivity contribution in [3.8, 4) is 0 Å². The van der Waals surface area contributed by atoms with Crippen LogP contribution >= 0.6 is 0 Å². The molecule has 36 heavy (non-hydrogen) atoms. The summed E-state index contributed by atoms with van der Waals surface area (Å²) in [6, 6.07) is 7.10. The number of hydrogen-bond acceptors (Lipinski definition) is 7. The number of morpholine rings is 1. The van der Waals surface area contributed by atoms with Gasteiger partial charge in [0.05, 0.1) is 30.4 Å². The molecule has 1 aliphatic heterocycles. The van der Waals surface area contributed by atoms with Gasteiger partial charge in [-0.25, -0.2) is 8.42 Å². The SMILES string of the molecule is CCC(NC(=O)C(CC(=O)N1CCOCC1)[C@@H](c1ccccc1)S(C)(=O)=O)C(=O)C(=O)N(CC)CC. The van der Waals surface area contributed by atoms with E-state index < -0.39 is 44.6 Å². The molecule has 11 heteroatoms. The molecule has 0 spiro atoms. The third-order valence-electron chi connectivity index (χ3n) is 6.35. The lowest BCUT2D eigenvalue weighted by molar-refractivity contribution is -0.146. The molecule has 2 rings (SSSR count). The van der Waals surface area contributed by atoms with Gasteiger partial charge in [0.25, 0.3) is 5.91 Å². The summed E-state index contributed by atoms with van der Waals surface area (Å²) >= 11 is 0. The number of rotatable bonds is 12. The third-order valence-corrected chi connectivity index (χ3v) is 7.88. The van der Waals surface area contributed by atoms with E-state index in [1.54, 1.807) is 56.0 Å². The standard InChI is InChI=1S/C25H37N3O7S/c1-5-20(22(30)25(32)27(6-2)7-3)26-24(31)19(17-21(29)28-13-15-35-16-14-28)23(36(4,33)34)18-11-9-8-10-12-18/h8-12,19-20,23H,5-7,13-17H2,1-4H3,(H,26,31)/t19?,20?,23-/m1/s1. The van der Waals surface area contributed by atoms with E-state index in [-0.39, 0.29) is 18.7 Å². The van der Waals surface area contributed by atoms with Gasteiger partial charge in [-0.3, -0.25) is 19.2 Å². The highest BCUT2D eigenvalue weighted by Crippen LogP contribution is 2.33. The van der Waals surface area contributed by atoms with E-state index in [4.69, 9.17) is 4.74 Å². The first-order chi connectivity index (χ1) is 17.0. The summed E-state index contributed by atoms with van der Waals surface area (Å²) in [5.74, 6) is -3.92. The van der Waals surface area contributed by atoms with Gasteiger partial charge in [0.15, 0.2) is 9.84 Å². The average molecular weight is 524 g/mol. The molecule has 1 aromatic rings. The second-order valence-corrected chi connectivity index (χ2v) is 10.9. The van der Waals surface area contributed by atoms with Gasteiger partial charge < -0.3 is 19.9 Å². The van der Waals surface area contributed by atoms with E-state index in [1.807, 2.05) is 0 Å². The highest BCUT2D eigenvalue weighted by atomic mass is 32.2. The second-order valence-electron chi connectivity index (χ2n) is 8.78. The fraction of sp³-hybridized carbons (Fsp3) is 0.600. The minimum absolute atomic E-state index is 0.136. The molecule has 2 unspecified atom stereocenters. The Morgan fingerprint density at radius 1 is 1.03 bits per heavy atom. The molecule has 10 nitrogen and oxygen atoms in total. The summed E-state index contributed by atoms with van der Waals surface area (Å²) < 4.78 is 31.2. The lowest BCUT2D eigenvalue weighted by Gasteiger charge is -2.31. The van der Waals surface area contributed by atoms with E-state index in [9.17, 15) is 27.6 Å². The van der Waals surface area contributed by atoms with Crippen LogP contribution in [-0.4, -0.2) is 93.4 Å². The maximum atomic E-state index is 13.6. The Morgan fingerprint density at radius 3 is 2.11 bits per heavy atom. The number of ether oxygens (including phenoxy) is 1. The molecule has 1 fully saturated rings. The molecule has 3 amide bonds. The summed E-state index contributed by atoms with van der Waals surface area (Å²) in [6.45, 7) is 7.23. The van der Waals surface area contributed by atoms with Gasteiger partial charge in [0.1, 0.15) is 0 Å². The van der Waals surface area contributed by atoms with Crippen LogP contribution in [0.1, 0.15) is 44.4 Å². The summed E-state index contributed by atoms with van der Waals surface area (Å²) in [7, 11) is -3.86. The first kappa shape index (κ1) is 29.4. The monoisotopic (exact) mass is 523 g/mol.